The lowest BCUT2D eigenvalue weighted by molar-refractivity contribution is -0.106. The molecule has 1 aromatic rings. The highest BCUT2D eigenvalue weighted by atomic mass is 16.5. The maximum Gasteiger partial charge on any atom is 0.118 e. The fourth-order valence-electron chi connectivity index (χ4n) is 1.03. The number of benzene rings is 1. The molecule has 0 bridgehead atoms. The third-order valence-electron chi connectivity index (χ3n) is 1.96. The molecule has 0 aromatic heterocycles. The summed E-state index contributed by atoms with van der Waals surface area (Å²) in [4.78, 5) is 8.81. The number of hydrogen-bond donors (Lipinski definition) is 0. The van der Waals surface area contributed by atoms with Gasteiger partial charge in [0.2, 0.25) is 0 Å². The first-order valence-electron chi connectivity index (χ1n) is 6.16. The molecule has 1 rings (SSSR count). The lowest BCUT2D eigenvalue weighted by atomic mass is 10.2. The zero-order valence-corrected chi connectivity index (χ0v) is 11.8. The second-order valence-electron chi connectivity index (χ2n) is 3.61. The van der Waals surface area contributed by atoms with Crippen molar-refractivity contribution in [2.75, 3.05) is 7.11 Å². The molecule has 98 valence electrons. The number of methoxy groups -OCH3 is 1. The van der Waals surface area contributed by atoms with Gasteiger partial charge in [-0.05, 0) is 26.0 Å². The van der Waals surface area contributed by atoms with Gasteiger partial charge in [-0.1, -0.05) is 50.8 Å². The number of aldehydes is 1. The van der Waals surface area contributed by atoms with Gasteiger partial charge in [-0.3, -0.25) is 0 Å². The van der Waals surface area contributed by atoms with Crippen molar-refractivity contribution in [1.29, 1.82) is 0 Å². The average Bonchev–Trinajstić information content (AvgIpc) is 2.33. The molecular weight excluding hydrogens is 212 g/mol. The molecule has 0 aliphatic carbocycles. The standard InChI is InChI=1S/C8H10O.C5H12.C2H4O/c1-7-3-5-8(9-2)6-4-7;1-3-5-4-2;1-2-3/h3-6H,1-2H3;3-5H2,1-2H3;2H,1H3. The van der Waals surface area contributed by atoms with Crippen molar-refractivity contribution in [1.82, 2.24) is 0 Å². The molecule has 0 atom stereocenters. The summed E-state index contributed by atoms with van der Waals surface area (Å²) < 4.78 is 4.97. The van der Waals surface area contributed by atoms with Crippen molar-refractivity contribution in [2.45, 2.75) is 47.0 Å². The zero-order valence-electron chi connectivity index (χ0n) is 11.8. The molecule has 0 aliphatic heterocycles. The highest BCUT2D eigenvalue weighted by Crippen LogP contribution is 2.09. The Kier molecular flexibility index (Phi) is 15.6. The minimum absolute atomic E-state index is 0.750. The largest absolute Gasteiger partial charge is 0.497 e. The lowest BCUT2D eigenvalue weighted by Gasteiger charge is -1.97. The summed E-state index contributed by atoms with van der Waals surface area (Å²) in [5.74, 6) is 0.917. The van der Waals surface area contributed by atoms with Gasteiger partial charge >= 0.3 is 0 Å². The van der Waals surface area contributed by atoms with Crippen molar-refractivity contribution < 1.29 is 9.53 Å². The van der Waals surface area contributed by atoms with Crippen LogP contribution in [0.3, 0.4) is 0 Å². The Hall–Kier alpha value is -1.31. The van der Waals surface area contributed by atoms with Crippen molar-refractivity contribution >= 4 is 6.29 Å². The third kappa shape index (κ3) is 14.7. The van der Waals surface area contributed by atoms with Gasteiger partial charge in [0.15, 0.2) is 0 Å². The van der Waals surface area contributed by atoms with Crippen LogP contribution in [0, 0.1) is 6.92 Å². The van der Waals surface area contributed by atoms with Gasteiger partial charge in [0.1, 0.15) is 12.0 Å². The highest BCUT2D eigenvalue weighted by molar-refractivity contribution is 5.44. The third-order valence-corrected chi connectivity index (χ3v) is 1.96. The first kappa shape index (κ1) is 18.1. The van der Waals surface area contributed by atoms with Gasteiger partial charge in [-0.15, -0.1) is 0 Å². The van der Waals surface area contributed by atoms with Crippen LogP contribution in [0.15, 0.2) is 24.3 Å². The SMILES string of the molecule is CC=O.CCCCC.COc1ccc(C)cc1. The van der Waals surface area contributed by atoms with E-state index in [1.54, 1.807) is 7.11 Å². The van der Waals surface area contributed by atoms with Crippen LogP contribution in [0.25, 0.3) is 0 Å². The van der Waals surface area contributed by atoms with E-state index >= 15 is 0 Å². The monoisotopic (exact) mass is 238 g/mol. The predicted octanol–water partition coefficient (Wildman–Crippen LogP) is 4.41. The van der Waals surface area contributed by atoms with Crippen LogP contribution >= 0.6 is 0 Å². The summed E-state index contributed by atoms with van der Waals surface area (Å²) in [5.41, 5.74) is 1.26. The molecule has 1 aromatic carbocycles. The Labute approximate surface area is 106 Å². The van der Waals surface area contributed by atoms with Crippen LogP contribution in [-0.2, 0) is 4.79 Å². The first-order valence-corrected chi connectivity index (χ1v) is 6.16. The molecule has 0 N–H and O–H groups in total. The Morgan fingerprint density at radius 3 is 1.76 bits per heavy atom. The lowest BCUT2D eigenvalue weighted by Crippen LogP contribution is -1.80. The van der Waals surface area contributed by atoms with E-state index < -0.39 is 0 Å². The Morgan fingerprint density at radius 2 is 1.53 bits per heavy atom. The normalized spacial score (nSPS) is 8.06. The van der Waals surface area contributed by atoms with Crippen molar-refractivity contribution in [3.63, 3.8) is 0 Å². The fraction of sp³-hybridized carbons (Fsp3) is 0.533. The summed E-state index contributed by atoms with van der Waals surface area (Å²) in [5, 5.41) is 0. The van der Waals surface area contributed by atoms with E-state index in [0.29, 0.717) is 0 Å². The summed E-state index contributed by atoms with van der Waals surface area (Å²) in [7, 11) is 1.67. The van der Waals surface area contributed by atoms with Gasteiger partial charge in [0.05, 0.1) is 7.11 Å². The van der Waals surface area contributed by atoms with E-state index in [4.69, 9.17) is 9.53 Å². The summed E-state index contributed by atoms with van der Waals surface area (Å²) in [6.07, 6.45) is 4.83. The van der Waals surface area contributed by atoms with Crippen LogP contribution < -0.4 is 4.74 Å². The van der Waals surface area contributed by atoms with Crippen molar-refractivity contribution in [3.05, 3.63) is 29.8 Å². The number of unbranched alkanes of at least 4 members (excludes halogenated alkanes) is 2. The molecule has 0 saturated heterocycles. The first-order chi connectivity index (χ1) is 8.15. The Morgan fingerprint density at radius 1 is 1.12 bits per heavy atom. The van der Waals surface area contributed by atoms with E-state index in [-0.39, 0.29) is 0 Å². The number of carbonyl (C=O) groups excluding carboxylic acids is 1. The number of ether oxygens (including phenoxy) is 1. The highest BCUT2D eigenvalue weighted by Gasteiger charge is 1.85. The molecule has 0 fully saturated rings. The molecule has 0 unspecified atom stereocenters. The molecule has 2 nitrogen and oxygen atoms in total. The van der Waals surface area contributed by atoms with Gasteiger partial charge in [0, 0.05) is 0 Å². The molecule has 2 heteroatoms. The van der Waals surface area contributed by atoms with Crippen LogP contribution in [0.4, 0.5) is 0 Å². The van der Waals surface area contributed by atoms with E-state index in [9.17, 15) is 0 Å². The van der Waals surface area contributed by atoms with E-state index in [0.717, 1.165) is 12.0 Å². The maximum atomic E-state index is 8.81. The van der Waals surface area contributed by atoms with Crippen LogP contribution in [0.1, 0.15) is 45.6 Å². The molecule has 0 radical (unpaired) electrons. The summed E-state index contributed by atoms with van der Waals surface area (Å²) in [6.45, 7) is 7.92. The van der Waals surface area contributed by atoms with Gasteiger partial charge in [-0.25, -0.2) is 0 Å². The number of carbonyl (C=O) groups is 1. The minimum atomic E-state index is 0.750. The topological polar surface area (TPSA) is 26.3 Å². The molecule has 0 aliphatic rings. The quantitative estimate of drug-likeness (QED) is 0.729. The van der Waals surface area contributed by atoms with Gasteiger partial charge < -0.3 is 9.53 Å². The molecule has 0 amide bonds. The van der Waals surface area contributed by atoms with E-state index in [1.165, 1.54) is 31.7 Å². The summed E-state index contributed by atoms with van der Waals surface area (Å²) in [6, 6.07) is 7.96. The van der Waals surface area contributed by atoms with Crippen LogP contribution in [-0.4, -0.2) is 13.4 Å². The molecule has 0 heterocycles. The Bertz CT molecular complexity index is 250. The molecule has 0 saturated carbocycles. The zero-order chi connectivity index (χ0) is 13.5. The van der Waals surface area contributed by atoms with Gasteiger partial charge in [0.25, 0.3) is 0 Å². The second-order valence-corrected chi connectivity index (χ2v) is 3.61. The Balaban J connectivity index is 0. The summed E-state index contributed by atoms with van der Waals surface area (Å²) >= 11 is 0. The smallest absolute Gasteiger partial charge is 0.118 e. The average molecular weight is 238 g/mol. The number of aryl methyl sites for hydroxylation is 1. The number of hydrogen-bond acceptors (Lipinski definition) is 2. The van der Waals surface area contributed by atoms with Crippen LogP contribution in [0.2, 0.25) is 0 Å². The molecular formula is C15H26O2. The van der Waals surface area contributed by atoms with Crippen molar-refractivity contribution in [3.8, 4) is 5.75 Å². The predicted molar refractivity (Wildman–Crippen MR) is 74.7 cm³/mol. The maximum absolute atomic E-state index is 8.81. The number of rotatable bonds is 3. The van der Waals surface area contributed by atoms with E-state index in [2.05, 4.69) is 20.8 Å². The minimum Gasteiger partial charge on any atom is -0.497 e. The molecule has 0 spiro atoms. The van der Waals surface area contributed by atoms with Gasteiger partial charge in [-0.2, -0.15) is 0 Å². The van der Waals surface area contributed by atoms with Crippen molar-refractivity contribution in [2.24, 2.45) is 0 Å². The second kappa shape index (κ2) is 14.7. The van der Waals surface area contributed by atoms with Crippen LogP contribution in [0.5, 0.6) is 5.75 Å². The molecule has 17 heavy (non-hydrogen) atoms. The fourth-order valence-corrected chi connectivity index (χ4v) is 1.03. The van der Waals surface area contributed by atoms with E-state index in [1.807, 2.05) is 24.3 Å².